The Labute approximate surface area is 130 Å². The molecule has 0 amide bonds. The number of hydrogen-bond donors (Lipinski definition) is 1. The normalized spacial score (nSPS) is 7.48. The van der Waals surface area contributed by atoms with Gasteiger partial charge in [0.25, 0.3) is 0 Å². The first-order valence-corrected chi connectivity index (χ1v) is 5.27. The van der Waals surface area contributed by atoms with Gasteiger partial charge in [0.15, 0.2) is 0 Å². The molecular weight excluding hydrogens is 332 g/mol. The SMILES string of the molecule is Cl.F.F.F.F.O=C(Oc1ccccc1S)c1ccccc1. The summed E-state index contributed by atoms with van der Waals surface area (Å²) >= 11 is 4.21. The Morgan fingerprint density at radius 1 is 0.810 bits per heavy atom. The predicted molar refractivity (Wildman–Crippen MR) is 82.4 cm³/mol. The van der Waals surface area contributed by atoms with Crippen LogP contribution in [0.15, 0.2) is 59.5 Å². The zero-order valence-corrected chi connectivity index (χ0v) is 12.2. The van der Waals surface area contributed by atoms with Gasteiger partial charge < -0.3 is 4.74 Å². The van der Waals surface area contributed by atoms with E-state index in [1.54, 1.807) is 42.5 Å². The van der Waals surface area contributed by atoms with Gasteiger partial charge in [-0.15, -0.1) is 25.0 Å². The summed E-state index contributed by atoms with van der Waals surface area (Å²) in [5.74, 6) is 0.0989. The van der Waals surface area contributed by atoms with Crippen LogP contribution in [0.5, 0.6) is 5.75 Å². The second-order valence-electron chi connectivity index (χ2n) is 3.22. The van der Waals surface area contributed by atoms with Crippen molar-refractivity contribution in [2.75, 3.05) is 0 Å². The molecule has 0 heterocycles. The van der Waals surface area contributed by atoms with Crippen molar-refractivity contribution in [3.63, 3.8) is 0 Å². The van der Waals surface area contributed by atoms with Crippen molar-refractivity contribution in [1.29, 1.82) is 0 Å². The number of ether oxygens (including phenoxy) is 1. The van der Waals surface area contributed by atoms with Gasteiger partial charge in [0, 0.05) is 4.90 Å². The number of esters is 1. The first kappa shape index (κ1) is 27.6. The van der Waals surface area contributed by atoms with E-state index in [1.165, 1.54) is 0 Å². The minimum atomic E-state index is -0.373. The fourth-order valence-corrected chi connectivity index (χ4v) is 1.48. The molecule has 0 spiro atoms. The molecule has 0 saturated carbocycles. The summed E-state index contributed by atoms with van der Waals surface area (Å²) in [6, 6.07) is 16.0. The number of hydrogen-bond acceptors (Lipinski definition) is 3. The van der Waals surface area contributed by atoms with E-state index in [9.17, 15) is 4.79 Å². The highest BCUT2D eigenvalue weighted by molar-refractivity contribution is 7.80. The highest BCUT2D eigenvalue weighted by Gasteiger charge is 2.08. The molecule has 2 aromatic carbocycles. The number of thiol groups is 1. The topological polar surface area (TPSA) is 26.3 Å². The molecule has 0 unspecified atom stereocenters. The first-order valence-electron chi connectivity index (χ1n) is 4.82. The number of halogens is 5. The second-order valence-corrected chi connectivity index (χ2v) is 3.71. The summed E-state index contributed by atoms with van der Waals surface area (Å²) in [6.07, 6.45) is 0. The fraction of sp³-hybridized carbons (Fsp3) is 0. The van der Waals surface area contributed by atoms with Gasteiger partial charge in [0.2, 0.25) is 0 Å². The Balaban J connectivity index is -0.000000289. The molecular formula is C13H15ClF4O2S. The van der Waals surface area contributed by atoms with Crippen molar-refractivity contribution >= 4 is 31.0 Å². The molecule has 0 aliphatic rings. The lowest BCUT2D eigenvalue weighted by atomic mass is 10.2. The number of benzene rings is 2. The molecule has 0 fully saturated rings. The van der Waals surface area contributed by atoms with E-state index in [4.69, 9.17) is 4.74 Å². The van der Waals surface area contributed by atoms with Crippen molar-refractivity contribution in [3.8, 4) is 5.75 Å². The second kappa shape index (κ2) is 13.3. The molecule has 8 heteroatoms. The van der Waals surface area contributed by atoms with Crippen LogP contribution >= 0.6 is 25.0 Å². The Morgan fingerprint density at radius 3 is 1.81 bits per heavy atom. The van der Waals surface area contributed by atoms with Gasteiger partial charge in [-0.25, -0.2) is 4.79 Å². The summed E-state index contributed by atoms with van der Waals surface area (Å²) in [4.78, 5) is 12.4. The van der Waals surface area contributed by atoms with E-state index < -0.39 is 0 Å². The average Bonchev–Trinajstić information content (AvgIpc) is 2.33. The standard InChI is InChI=1S/C13H10O2S.ClH.4FH/c14-13(10-6-2-1-3-7-10)15-11-8-4-5-9-12(11)16;;;;;/h1-9,16H;5*1H. The van der Waals surface area contributed by atoms with Gasteiger partial charge in [0.1, 0.15) is 5.75 Å². The van der Waals surface area contributed by atoms with Crippen LogP contribution in [-0.4, -0.2) is 5.97 Å². The summed E-state index contributed by atoms with van der Waals surface area (Å²) in [5.41, 5.74) is 0.527. The quantitative estimate of drug-likeness (QED) is 0.381. The maximum Gasteiger partial charge on any atom is 0.343 e. The summed E-state index contributed by atoms with van der Waals surface area (Å²) in [7, 11) is 0. The van der Waals surface area contributed by atoms with E-state index in [2.05, 4.69) is 12.6 Å². The predicted octanol–water partition coefficient (Wildman–Crippen LogP) is 4.23. The van der Waals surface area contributed by atoms with Crippen LogP contribution in [-0.2, 0) is 0 Å². The lowest BCUT2D eigenvalue weighted by molar-refractivity contribution is 0.0730. The maximum absolute atomic E-state index is 11.7. The Hall–Kier alpha value is -1.73. The summed E-state index contributed by atoms with van der Waals surface area (Å²) in [6.45, 7) is 0. The van der Waals surface area contributed by atoms with E-state index in [0.717, 1.165) is 0 Å². The van der Waals surface area contributed by atoms with Gasteiger partial charge in [-0.2, -0.15) is 0 Å². The number of rotatable bonds is 2. The summed E-state index contributed by atoms with van der Waals surface area (Å²) in [5, 5.41) is 0. The molecule has 120 valence electrons. The lowest BCUT2D eigenvalue weighted by Gasteiger charge is -2.05. The van der Waals surface area contributed by atoms with Crippen LogP contribution in [0.25, 0.3) is 0 Å². The van der Waals surface area contributed by atoms with Gasteiger partial charge in [0.05, 0.1) is 5.56 Å². The van der Waals surface area contributed by atoms with Crippen molar-refractivity contribution in [2.45, 2.75) is 4.90 Å². The number of para-hydroxylation sites is 1. The van der Waals surface area contributed by atoms with E-state index in [-0.39, 0.29) is 37.2 Å². The molecule has 0 aromatic heterocycles. The van der Waals surface area contributed by atoms with Gasteiger partial charge in [-0.1, -0.05) is 30.3 Å². The monoisotopic (exact) mass is 346 g/mol. The van der Waals surface area contributed by atoms with Crippen LogP contribution in [0.2, 0.25) is 0 Å². The van der Waals surface area contributed by atoms with Crippen LogP contribution in [0.3, 0.4) is 0 Å². The molecule has 2 aromatic rings. The average molecular weight is 347 g/mol. The Kier molecular flexibility index (Phi) is 17.4. The lowest BCUT2D eigenvalue weighted by Crippen LogP contribution is -2.08. The molecule has 0 atom stereocenters. The molecule has 0 aliphatic carbocycles. The Bertz CT molecular complexity index is 515. The molecule has 0 radical (unpaired) electrons. The van der Waals surface area contributed by atoms with Crippen LogP contribution < -0.4 is 4.74 Å². The third kappa shape index (κ3) is 7.57. The van der Waals surface area contributed by atoms with E-state index >= 15 is 0 Å². The molecule has 2 rings (SSSR count). The molecule has 0 bridgehead atoms. The zero-order chi connectivity index (χ0) is 11.4. The number of carbonyl (C=O) groups excluding carboxylic acids is 1. The van der Waals surface area contributed by atoms with Crippen molar-refractivity contribution < 1.29 is 28.3 Å². The van der Waals surface area contributed by atoms with Crippen molar-refractivity contribution in [3.05, 3.63) is 60.2 Å². The molecule has 21 heavy (non-hydrogen) atoms. The largest absolute Gasteiger partial charge is 0.422 e. The third-order valence-electron chi connectivity index (χ3n) is 2.08. The number of carbonyl (C=O) groups is 1. The smallest absolute Gasteiger partial charge is 0.343 e. The van der Waals surface area contributed by atoms with Gasteiger partial charge >= 0.3 is 5.97 Å². The van der Waals surface area contributed by atoms with E-state index in [0.29, 0.717) is 16.2 Å². The minimum absolute atomic E-state index is 0. The fourth-order valence-electron chi connectivity index (χ4n) is 1.28. The van der Waals surface area contributed by atoms with E-state index in [1.807, 2.05) is 12.1 Å². The zero-order valence-electron chi connectivity index (χ0n) is 10.5. The van der Waals surface area contributed by atoms with Gasteiger partial charge in [-0.3, -0.25) is 18.8 Å². The molecule has 2 nitrogen and oxygen atoms in total. The third-order valence-corrected chi connectivity index (χ3v) is 2.45. The molecule has 0 aliphatic heterocycles. The molecule has 0 N–H and O–H groups in total. The first-order chi connectivity index (χ1) is 7.77. The van der Waals surface area contributed by atoms with Crippen molar-refractivity contribution in [2.24, 2.45) is 0 Å². The summed E-state index contributed by atoms with van der Waals surface area (Å²) < 4.78 is 5.22. The van der Waals surface area contributed by atoms with Crippen LogP contribution in [0.1, 0.15) is 10.4 Å². The van der Waals surface area contributed by atoms with Crippen LogP contribution in [0.4, 0.5) is 18.8 Å². The van der Waals surface area contributed by atoms with Crippen molar-refractivity contribution in [1.82, 2.24) is 0 Å². The molecule has 0 saturated heterocycles. The maximum atomic E-state index is 11.7. The highest BCUT2D eigenvalue weighted by Crippen LogP contribution is 2.22. The van der Waals surface area contributed by atoms with Gasteiger partial charge in [-0.05, 0) is 24.3 Å². The highest BCUT2D eigenvalue weighted by atomic mass is 35.5. The Morgan fingerprint density at radius 2 is 1.29 bits per heavy atom. The minimum Gasteiger partial charge on any atom is -0.422 e. The van der Waals surface area contributed by atoms with Crippen LogP contribution in [0, 0.1) is 0 Å².